The molecule has 0 bridgehead atoms. The molecule has 0 radical (unpaired) electrons. The fourth-order valence-corrected chi connectivity index (χ4v) is 3.50. The van der Waals surface area contributed by atoms with Crippen LogP contribution in [0.3, 0.4) is 0 Å². The fourth-order valence-electron chi connectivity index (χ4n) is 3.37. The zero-order chi connectivity index (χ0) is 16.1. The maximum Gasteiger partial charge on any atom is 0.253 e. The number of hydrogen-bond donors (Lipinski definition) is 0. The van der Waals surface area contributed by atoms with Crippen molar-refractivity contribution >= 4 is 17.5 Å². The Hall–Kier alpha value is -1.10. The third-order valence-corrected chi connectivity index (χ3v) is 5.01. The monoisotopic (exact) mass is 336 g/mol. The van der Waals surface area contributed by atoms with E-state index in [0.29, 0.717) is 11.1 Å². The molecular weight excluding hydrogens is 312 g/mol. The van der Waals surface area contributed by atoms with Crippen LogP contribution < -0.4 is 0 Å². The molecule has 2 aliphatic heterocycles. The highest BCUT2D eigenvalue weighted by Crippen LogP contribution is 2.17. The van der Waals surface area contributed by atoms with E-state index in [1.165, 1.54) is 12.8 Å². The molecule has 5 heteroatoms. The topological polar surface area (TPSA) is 32.8 Å². The lowest BCUT2D eigenvalue weighted by Gasteiger charge is -2.23. The Morgan fingerprint density at radius 1 is 1.13 bits per heavy atom. The summed E-state index contributed by atoms with van der Waals surface area (Å²) in [7, 11) is 0. The Labute approximate surface area is 143 Å². The van der Waals surface area contributed by atoms with Gasteiger partial charge in [-0.15, -0.1) is 0 Å². The highest BCUT2D eigenvalue weighted by Gasteiger charge is 2.22. The van der Waals surface area contributed by atoms with Crippen LogP contribution in [0.1, 0.15) is 36.0 Å². The molecule has 2 heterocycles. The third kappa shape index (κ3) is 4.69. The van der Waals surface area contributed by atoms with Gasteiger partial charge in [-0.25, -0.2) is 0 Å². The molecule has 0 N–H and O–H groups in total. The van der Waals surface area contributed by atoms with Gasteiger partial charge in [-0.2, -0.15) is 0 Å². The molecule has 3 rings (SSSR count). The Morgan fingerprint density at radius 3 is 2.70 bits per heavy atom. The van der Waals surface area contributed by atoms with Crippen LogP contribution in [-0.2, 0) is 4.74 Å². The normalized spacial score (nSPS) is 23.0. The van der Waals surface area contributed by atoms with E-state index >= 15 is 0 Å². The molecule has 126 valence electrons. The molecule has 2 fully saturated rings. The molecule has 1 aromatic carbocycles. The molecule has 2 aliphatic rings. The summed E-state index contributed by atoms with van der Waals surface area (Å²) in [5, 5.41) is 0.665. The van der Waals surface area contributed by atoms with Gasteiger partial charge in [-0.3, -0.25) is 4.79 Å². The van der Waals surface area contributed by atoms with Crippen LogP contribution in [0.25, 0.3) is 0 Å². The van der Waals surface area contributed by atoms with Crippen molar-refractivity contribution in [1.82, 2.24) is 9.80 Å². The summed E-state index contributed by atoms with van der Waals surface area (Å²) in [5.74, 6) is 0.114. The van der Waals surface area contributed by atoms with Gasteiger partial charge in [0.1, 0.15) is 0 Å². The van der Waals surface area contributed by atoms with Crippen molar-refractivity contribution in [2.75, 3.05) is 39.3 Å². The zero-order valence-corrected chi connectivity index (χ0v) is 14.3. The van der Waals surface area contributed by atoms with Gasteiger partial charge in [0, 0.05) is 43.4 Å². The average molecular weight is 337 g/mol. The molecule has 0 aliphatic carbocycles. The Balaban J connectivity index is 1.49. The van der Waals surface area contributed by atoms with E-state index in [1.54, 1.807) is 12.1 Å². The van der Waals surface area contributed by atoms with Crippen LogP contribution in [0.15, 0.2) is 24.3 Å². The SMILES string of the molecule is O=C(c1ccc(Cl)cc1)N1CCCN(CC[C@@H]2CCCO2)CC1. The van der Waals surface area contributed by atoms with Gasteiger partial charge in [-0.05, 0) is 56.5 Å². The molecule has 1 amide bonds. The predicted molar refractivity (Wildman–Crippen MR) is 92.0 cm³/mol. The molecule has 1 atom stereocenters. The first-order valence-corrected chi connectivity index (χ1v) is 8.99. The standard InChI is InChI=1S/C18H25ClN2O2/c19-16-6-4-15(5-7-16)18(22)21-10-2-9-20(12-13-21)11-8-17-3-1-14-23-17/h4-7,17H,1-3,8-14H2/t17-/m0/s1. The summed E-state index contributed by atoms with van der Waals surface area (Å²) >= 11 is 5.89. The molecular formula is C18H25ClN2O2. The molecule has 4 nitrogen and oxygen atoms in total. The van der Waals surface area contributed by atoms with Crippen LogP contribution >= 0.6 is 11.6 Å². The van der Waals surface area contributed by atoms with E-state index < -0.39 is 0 Å². The molecule has 0 spiro atoms. The van der Waals surface area contributed by atoms with Crippen molar-refractivity contribution in [3.05, 3.63) is 34.9 Å². The largest absolute Gasteiger partial charge is 0.378 e. The van der Waals surface area contributed by atoms with Gasteiger partial charge in [0.05, 0.1) is 6.10 Å². The zero-order valence-electron chi connectivity index (χ0n) is 13.5. The molecule has 2 saturated heterocycles. The second-order valence-corrected chi connectivity index (χ2v) is 6.85. The molecule has 1 aromatic rings. The number of halogens is 1. The van der Waals surface area contributed by atoms with Crippen LogP contribution in [0, 0.1) is 0 Å². The van der Waals surface area contributed by atoms with Gasteiger partial charge in [0.2, 0.25) is 0 Å². The Morgan fingerprint density at radius 2 is 1.96 bits per heavy atom. The lowest BCUT2D eigenvalue weighted by molar-refractivity contribution is 0.0754. The number of hydrogen-bond acceptors (Lipinski definition) is 3. The number of rotatable bonds is 4. The van der Waals surface area contributed by atoms with E-state index in [0.717, 1.165) is 57.7 Å². The fraction of sp³-hybridized carbons (Fsp3) is 0.611. The van der Waals surface area contributed by atoms with Crippen LogP contribution in [-0.4, -0.2) is 61.1 Å². The second kappa shape index (κ2) is 8.13. The van der Waals surface area contributed by atoms with Crippen molar-refractivity contribution < 1.29 is 9.53 Å². The second-order valence-electron chi connectivity index (χ2n) is 6.42. The summed E-state index contributed by atoms with van der Waals surface area (Å²) in [6, 6.07) is 7.18. The Kier molecular flexibility index (Phi) is 5.92. The van der Waals surface area contributed by atoms with Crippen molar-refractivity contribution in [1.29, 1.82) is 0 Å². The summed E-state index contributed by atoms with van der Waals surface area (Å²) in [5.41, 5.74) is 0.724. The van der Waals surface area contributed by atoms with Gasteiger partial charge in [-0.1, -0.05) is 11.6 Å². The molecule has 0 aromatic heterocycles. The lowest BCUT2D eigenvalue weighted by Crippen LogP contribution is -2.35. The lowest BCUT2D eigenvalue weighted by atomic mass is 10.2. The van der Waals surface area contributed by atoms with Gasteiger partial charge in [0.25, 0.3) is 5.91 Å². The first-order chi connectivity index (χ1) is 11.2. The summed E-state index contributed by atoms with van der Waals surface area (Å²) in [6.07, 6.45) is 5.00. The highest BCUT2D eigenvalue weighted by molar-refractivity contribution is 6.30. The van der Waals surface area contributed by atoms with Crippen LogP contribution in [0.4, 0.5) is 0 Å². The number of carbonyl (C=O) groups is 1. The minimum absolute atomic E-state index is 0.114. The van der Waals surface area contributed by atoms with Crippen LogP contribution in [0.5, 0.6) is 0 Å². The minimum atomic E-state index is 0.114. The summed E-state index contributed by atoms with van der Waals surface area (Å²) in [4.78, 5) is 17.0. The Bertz CT molecular complexity index is 514. The van der Waals surface area contributed by atoms with E-state index in [4.69, 9.17) is 16.3 Å². The summed E-state index contributed by atoms with van der Waals surface area (Å²) in [6.45, 7) is 5.65. The average Bonchev–Trinajstić information content (AvgIpc) is 2.97. The number of amides is 1. The molecule has 23 heavy (non-hydrogen) atoms. The first-order valence-electron chi connectivity index (χ1n) is 8.61. The maximum absolute atomic E-state index is 12.6. The van der Waals surface area contributed by atoms with Crippen molar-refractivity contribution in [2.45, 2.75) is 31.8 Å². The maximum atomic E-state index is 12.6. The predicted octanol–water partition coefficient (Wildman–Crippen LogP) is 3.06. The molecule has 0 saturated carbocycles. The summed E-state index contributed by atoms with van der Waals surface area (Å²) < 4.78 is 5.70. The van der Waals surface area contributed by atoms with Crippen molar-refractivity contribution in [2.24, 2.45) is 0 Å². The van der Waals surface area contributed by atoms with Gasteiger partial charge in [0.15, 0.2) is 0 Å². The van der Waals surface area contributed by atoms with Gasteiger partial charge < -0.3 is 14.5 Å². The van der Waals surface area contributed by atoms with E-state index in [1.807, 2.05) is 17.0 Å². The minimum Gasteiger partial charge on any atom is -0.378 e. The van der Waals surface area contributed by atoms with Gasteiger partial charge >= 0.3 is 0 Å². The smallest absolute Gasteiger partial charge is 0.253 e. The van der Waals surface area contributed by atoms with Crippen LogP contribution in [0.2, 0.25) is 5.02 Å². The quantitative estimate of drug-likeness (QED) is 0.847. The van der Waals surface area contributed by atoms with Crippen molar-refractivity contribution in [3.63, 3.8) is 0 Å². The number of ether oxygens (including phenoxy) is 1. The number of carbonyl (C=O) groups excluding carboxylic acids is 1. The highest BCUT2D eigenvalue weighted by atomic mass is 35.5. The molecule has 0 unspecified atom stereocenters. The van der Waals surface area contributed by atoms with Crippen molar-refractivity contribution in [3.8, 4) is 0 Å². The number of nitrogens with zero attached hydrogens (tertiary/aromatic N) is 2. The first kappa shape index (κ1) is 16.7. The van der Waals surface area contributed by atoms with E-state index in [2.05, 4.69) is 4.90 Å². The van der Waals surface area contributed by atoms with E-state index in [-0.39, 0.29) is 5.91 Å². The van der Waals surface area contributed by atoms with E-state index in [9.17, 15) is 4.79 Å². The number of benzene rings is 1. The third-order valence-electron chi connectivity index (χ3n) is 4.76.